The maximum atomic E-state index is 5.78. The van der Waals surface area contributed by atoms with Gasteiger partial charge in [0.15, 0.2) is 0 Å². The van der Waals surface area contributed by atoms with E-state index in [1.807, 2.05) is 0 Å². The van der Waals surface area contributed by atoms with E-state index in [1.54, 1.807) is 7.11 Å². The smallest absolute Gasteiger partial charge is 0.120 e. The van der Waals surface area contributed by atoms with Gasteiger partial charge in [0.25, 0.3) is 0 Å². The predicted molar refractivity (Wildman–Crippen MR) is 77.9 cm³/mol. The minimum absolute atomic E-state index is 0.384. The van der Waals surface area contributed by atoms with Gasteiger partial charge in [0.05, 0.1) is 6.61 Å². The zero-order valence-corrected chi connectivity index (χ0v) is 12.6. The van der Waals surface area contributed by atoms with Crippen LogP contribution in [0.4, 0.5) is 0 Å². The number of hydrogen-bond acceptors (Lipinski definition) is 4. The summed E-state index contributed by atoms with van der Waals surface area (Å²) in [6.07, 6.45) is 1.76. The molecule has 0 aromatic heterocycles. The standard InChI is InChI=1S/C13H26N2O2S/c1-11(2)10-17-9-8-15-6-4-13(16-3,5-7-15)12(14)18/h11H,4-10H2,1-3H3,(H2,14,18). The lowest BCUT2D eigenvalue weighted by atomic mass is 9.91. The van der Waals surface area contributed by atoms with E-state index >= 15 is 0 Å². The molecule has 18 heavy (non-hydrogen) atoms. The zero-order valence-electron chi connectivity index (χ0n) is 11.8. The topological polar surface area (TPSA) is 47.7 Å². The lowest BCUT2D eigenvalue weighted by Gasteiger charge is -2.40. The normalized spacial score (nSPS) is 20.2. The van der Waals surface area contributed by atoms with Crippen molar-refractivity contribution >= 4 is 17.2 Å². The summed E-state index contributed by atoms with van der Waals surface area (Å²) in [6, 6.07) is 0. The van der Waals surface area contributed by atoms with Crippen molar-refractivity contribution < 1.29 is 9.47 Å². The number of nitrogens with zero attached hydrogens (tertiary/aromatic N) is 1. The van der Waals surface area contributed by atoms with Gasteiger partial charge in [-0.3, -0.25) is 0 Å². The molecule has 0 aliphatic carbocycles. The summed E-state index contributed by atoms with van der Waals surface area (Å²) in [6.45, 7) is 8.87. The Balaban J connectivity index is 2.25. The van der Waals surface area contributed by atoms with Crippen molar-refractivity contribution in [2.45, 2.75) is 32.3 Å². The highest BCUT2D eigenvalue weighted by Gasteiger charge is 2.37. The second kappa shape index (κ2) is 7.38. The molecule has 1 rings (SSSR count). The first-order valence-corrected chi connectivity index (χ1v) is 7.06. The lowest BCUT2D eigenvalue weighted by molar-refractivity contribution is -0.0108. The van der Waals surface area contributed by atoms with E-state index in [-0.39, 0.29) is 5.60 Å². The van der Waals surface area contributed by atoms with Gasteiger partial charge in [0.1, 0.15) is 10.6 Å². The van der Waals surface area contributed by atoms with Gasteiger partial charge in [-0.2, -0.15) is 0 Å². The van der Waals surface area contributed by atoms with Gasteiger partial charge < -0.3 is 20.1 Å². The van der Waals surface area contributed by atoms with Gasteiger partial charge in [0.2, 0.25) is 0 Å². The van der Waals surface area contributed by atoms with E-state index in [4.69, 9.17) is 27.4 Å². The minimum atomic E-state index is -0.384. The van der Waals surface area contributed by atoms with Crippen molar-refractivity contribution in [1.29, 1.82) is 0 Å². The summed E-state index contributed by atoms with van der Waals surface area (Å²) in [5, 5.41) is 0. The van der Waals surface area contributed by atoms with Crippen LogP contribution in [-0.2, 0) is 9.47 Å². The Kier molecular flexibility index (Phi) is 6.49. The molecule has 2 N–H and O–H groups in total. The first kappa shape index (κ1) is 15.8. The summed E-state index contributed by atoms with van der Waals surface area (Å²) in [5.41, 5.74) is 5.39. The first-order valence-electron chi connectivity index (χ1n) is 6.65. The van der Waals surface area contributed by atoms with Gasteiger partial charge in [-0.05, 0) is 18.8 Å². The number of ether oxygens (including phenoxy) is 2. The molecule has 1 saturated heterocycles. The summed E-state index contributed by atoms with van der Waals surface area (Å²) >= 11 is 5.11. The van der Waals surface area contributed by atoms with Crippen LogP contribution in [0.1, 0.15) is 26.7 Å². The molecule has 1 aliphatic rings. The van der Waals surface area contributed by atoms with Gasteiger partial charge in [0, 0.05) is 33.4 Å². The molecule has 0 atom stereocenters. The molecule has 0 saturated carbocycles. The fraction of sp³-hybridized carbons (Fsp3) is 0.923. The second-order valence-corrected chi connectivity index (χ2v) is 5.81. The summed E-state index contributed by atoms with van der Waals surface area (Å²) < 4.78 is 11.1. The SMILES string of the molecule is COC1(C(N)=S)CCN(CCOCC(C)C)CC1. The van der Waals surface area contributed by atoms with Crippen molar-refractivity contribution in [2.75, 3.05) is 40.0 Å². The van der Waals surface area contributed by atoms with Crippen molar-refractivity contribution in [3.63, 3.8) is 0 Å². The molecule has 0 spiro atoms. The van der Waals surface area contributed by atoms with Crippen LogP contribution >= 0.6 is 12.2 Å². The Morgan fingerprint density at radius 1 is 1.39 bits per heavy atom. The Labute approximate surface area is 116 Å². The molecule has 5 heteroatoms. The van der Waals surface area contributed by atoms with Crippen LogP contribution in [-0.4, -0.2) is 55.4 Å². The average molecular weight is 274 g/mol. The number of rotatable bonds is 7. The monoisotopic (exact) mass is 274 g/mol. The van der Waals surface area contributed by atoms with Gasteiger partial charge in [-0.1, -0.05) is 26.1 Å². The Morgan fingerprint density at radius 3 is 2.44 bits per heavy atom. The molecule has 0 amide bonds. The van der Waals surface area contributed by atoms with Gasteiger partial charge in [-0.15, -0.1) is 0 Å². The fourth-order valence-electron chi connectivity index (χ4n) is 2.20. The molecule has 106 valence electrons. The zero-order chi connectivity index (χ0) is 13.6. The third kappa shape index (κ3) is 4.46. The quantitative estimate of drug-likeness (QED) is 0.562. The van der Waals surface area contributed by atoms with E-state index in [2.05, 4.69) is 18.7 Å². The van der Waals surface area contributed by atoms with E-state index in [0.717, 1.165) is 45.7 Å². The van der Waals surface area contributed by atoms with Gasteiger partial charge in [-0.25, -0.2) is 0 Å². The molecule has 0 aromatic rings. The molecule has 0 radical (unpaired) electrons. The molecule has 1 heterocycles. The summed E-state index contributed by atoms with van der Waals surface area (Å²) in [7, 11) is 1.70. The van der Waals surface area contributed by atoms with Crippen molar-refractivity contribution in [3.8, 4) is 0 Å². The molecule has 0 bridgehead atoms. The van der Waals surface area contributed by atoms with Crippen LogP contribution in [0, 0.1) is 5.92 Å². The van der Waals surface area contributed by atoms with Crippen molar-refractivity contribution in [3.05, 3.63) is 0 Å². The van der Waals surface area contributed by atoms with Crippen LogP contribution in [0.25, 0.3) is 0 Å². The number of nitrogens with two attached hydrogens (primary N) is 1. The Morgan fingerprint density at radius 2 is 2.00 bits per heavy atom. The number of hydrogen-bond donors (Lipinski definition) is 1. The lowest BCUT2D eigenvalue weighted by Crippen LogP contribution is -2.53. The van der Waals surface area contributed by atoms with Crippen molar-refractivity contribution in [1.82, 2.24) is 4.90 Å². The Hall–Kier alpha value is -0.230. The highest BCUT2D eigenvalue weighted by Crippen LogP contribution is 2.25. The van der Waals surface area contributed by atoms with E-state index < -0.39 is 0 Å². The fourth-order valence-corrected chi connectivity index (χ4v) is 2.49. The van der Waals surface area contributed by atoms with Crippen LogP contribution in [0.5, 0.6) is 0 Å². The van der Waals surface area contributed by atoms with E-state index in [9.17, 15) is 0 Å². The largest absolute Gasteiger partial charge is 0.391 e. The third-order valence-corrected chi connectivity index (χ3v) is 3.88. The predicted octanol–water partition coefficient (Wildman–Crippen LogP) is 1.43. The van der Waals surface area contributed by atoms with E-state index in [1.165, 1.54) is 0 Å². The maximum Gasteiger partial charge on any atom is 0.120 e. The number of methoxy groups -OCH3 is 1. The van der Waals surface area contributed by atoms with Crippen molar-refractivity contribution in [2.24, 2.45) is 11.7 Å². The molecule has 1 fully saturated rings. The van der Waals surface area contributed by atoms with Crippen LogP contribution in [0.2, 0.25) is 0 Å². The summed E-state index contributed by atoms with van der Waals surface area (Å²) in [5.74, 6) is 0.599. The van der Waals surface area contributed by atoms with Crippen LogP contribution < -0.4 is 5.73 Å². The Bertz CT molecular complexity index is 264. The first-order chi connectivity index (χ1) is 8.50. The number of likely N-dealkylation sites (tertiary alicyclic amines) is 1. The molecular weight excluding hydrogens is 248 g/mol. The average Bonchev–Trinajstić information content (AvgIpc) is 2.35. The molecule has 0 aromatic carbocycles. The maximum absolute atomic E-state index is 5.78. The number of thiocarbonyl (C=S) groups is 1. The highest BCUT2D eigenvalue weighted by molar-refractivity contribution is 7.80. The highest BCUT2D eigenvalue weighted by atomic mass is 32.1. The molecule has 4 nitrogen and oxygen atoms in total. The molecule has 0 unspecified atom stereocenters. The van der Waals surface area contributed by atoms with Crippen LogP contribution in [0.15, 0.2) is 0 Å². The number of piperidine rings is 1. The minimum Gasteiger partial charge on any atom is -0.391 e. The van der Waals surface area contributed by atoms with E-state index in [0.29, 0.717) is 10.9 Å². The third-order valence-electron chi connectivity index (χ3n) is 3.51. The second-order valence-electron chi connectivity index (χ2n) is 5.37. The molecular formula is C13H26N2O2S. The van der Waals surface area contributed by atoms with Gasteiger partial charge >= 0.3 is 0 Å². The summed E-state index contributed by atoms with van der Waals surface area (Å²) in [4.78, 5) is 2.87. The van der Waals surface area contributed by atoms with Crippen LogP contribution in [0.3, 0.4) is 0 Å². The molecule has 1 aliphatic heterocycles.